The van der Waals surface area contributed by atoms with E-state index in [9.17, 15) is 9.59 Å². The minimum absolute atomic E-state index is 0.162. The minimum Gasteiger partial charge on any atom is -0.444 e. The van der Waals surface area contributed by atoms with Crippen molar-refractivity contribution in [2.75, 3.05) is 42.7 Å². The molecule has 35 heavy (non-hydrogen) atoms. The van der Waals surface area contributed by atoms with Crippen molar-refractivity contribution >= 4 is 62.5 Å². The first-order valence-electron chi connectivity index (χ1n) is 10.9. The third kappa shape index (κ3) is 5.45. The van der Waals surface area contributed by atoms with Crippen LogP contribution in [-0.2, 0) is 4.74 Å². The normalized spacial score (nSPS) is 14.3. The van der Waals surface area contributed by atoms with Crippen LogP contribution in [-0.4, -0.2) is 74.5 Å². The van der Waals surface area contributed by atoms with Crippen LogP contribution in [0.15, 0.2) is 34.2 Å². The molecule has 0 bridgehead atoms. The first-order valence-corrected chi connectivity index (χ1v) is 13.0. The number of nitrogens with two attached hydrogens (primary N) is 1. The molecule has 0 atom stereocenters. The number of halogens is 1. The highest BCUT2D eigenvalue weighted by molar-refractivity contribution is 9.10. The van der Waals surface area contributed by atoms with Crippen LogP contribution in [0.2, 0.25) is 0 Å². The van der Waals surface area contributed by atoms with Crippen LogP contribution in [0.1, 0.15) is 31.1 Å². The summed E-state index contributed by atoms with van der Waals surface area (Å²) in [6.45, 7) is 8.12. The summed E-state index contributed by atoms with van der Waals surface area (Å²) in [5.74, 6) is -0.344. The van der Waals surface area contributed by atoms with E-state index in [1.165, 1.54) is 18.1 Å². The molecule has 4 rings (SSSR count). The third-order valence-electron chi connectivity index (χ3n) is 5.35. The van der Waals surface area contributed by atoms with Crippen molar-refractivity contribution in [3.05, 3.63) is 34.6 Å². The van der Waals surface area contributed by atoms with E-state index in [1.54, 1.807) is 9.30 Å². The van der Waals surface area contributed by atoms with E-state index >= 15 is 0 Å². The second-order valence-electron chi connectivity index (χ2n) is 8.95. The lowest BCUT2D eigenvalue weighted by Gasteiger charge is -2.36. The molecule has 0 spiro atoms. The Morgan fingerprint density at radius 3 is 2.51 bits per heavy atom. The number of hydrogen-bond acceptors (Lipinski definition) is 9. The molecule has 3 aromatic rings. The summed E-state index contributed by atoms with van der Waals surface area (Å²) in [6, 6.07) is 5.87. The number of hydrogen-bond donors (Lipinski definition) is 2. The van der Waals surface area contributed by atoms with Crippen molar-refractivity contribution in [2.24, 2.45) is 5.73 Å². The lowest BCUT2D eigenvalue weighted by molar-refractivity contribution is 0.0240. The number of anilines is 3. The molecular formula is C22H27BrN8O3S. The first kappa shape index (κ1) is 25.0. The van der Waals surface area contributed by atoms with Gasteiger partial charge in [0.15, 0.2) is 10.8 Å². The molecular weight excluding hydrogens is 536 g/mol. The summed E-state index contributed by atoms with van der Waals surface area (Å²) in [6.07, 6.45) is 3.09. The van der Waals surface area contributed by atoms with Crippen molar-refractivity contribution in [2.45, 2.75) is 31.5 Å². The Balaban J connectivity index is 1.51. The minimum atomic E-state index is -0.652. The molecule has 1 saturated heterocycles. The number of benzene rings is 1. The predicted octanol–water partition coefficient (Wildman–Crippen LogP) is 3.51. The number of aromatic nitrogens is 4. The smallest absolute Gasteiger partial charge is 0.410 e. The number of piperazine rings is 1. The molecule has 0 unspecified atom stereocenters. The molecule has 1 aromatic carbocycles. The maximum atomic E-state index is 12.3. The SMILES string of the molecule is CSc1nc(Nc2ccc(N3CCN(C(=O)OC(C)(C)C)CC3)cc2Br)c(C(N)=O)c2nncn12. The Morgan fingerprint density at radius 1 is 1.20 bits per heavy atom. The Labute approximate surface area is 215 Å². The fourth-order valence-electron chi connectivity index (χ4n) is 3.72. The van der Waals surface area contributed by atoms with E-state index in [2.05, 4.69) is 41.3 Å². The zero-order valence-electron chi connectivity index (χ0n) is 19.9. The molecule has 2 aromatic heterocycles. The third-order valence-corrected chi connectivity index (χ3v) is 6.66. The molecule has 1 fully saturated rings. The number of nitrogens with zero attached hydrogens (tertiary/aromatic N) is 6. The maximum Gasteiger partial charge on any atom is 0.410 e. The van der Waals surface area contributed by atoms with Gasteiger partial charge in [-0.05, 0) is 61.2 Å². The summed E-state index contributed by atoms with van der Waals surface area (Å²) in [5.41, 5.74) is 7.36. The second kappa shape index (κ2) is 9.90. The Morgan fingerprint density at radius 2 is 1.91 bits per heavy atom. The summed E-state index contributed by atoms with van der Waals surface area (Å²) < 4.78 is 7.89. The fourth-order valence-corrected chi connectivity index (χ4v) is 4.70. The summed E-state index contributed by atoms with van der Waals surface area (Å²) >= 11 is 5.03. The van der Waals surface area contributed by atoms with E-state index in [1.807, 2.05) is 45.2 Å². The Hall–Kier alpha value is -3.06. The largest absolute Gasteiger partial charge is 0.444 e. The van der Waals surface area contributed by atoms with Crippen LogP contribution < -0.4 is 16.0 Å². The average Bonchev–Trinajstić information content (AvgIpc) is 3.28. The second-order valence-corrected chi connectivity index (χ2v) is 10.6. The lowest BCUT2D eigenvalue weighted by atomic mass is 10.2. The lowest BCUT2D eigenvalue weighted by Crippen LogP contribution is -2.50. The fraction of sp³-hybridized carbons (Fsp3) is 0.409. The van der Waals surface area contributed by atoms with Crippen molar-refractivity contribution in [1.82, 2.24) is 24.5 Å². The van der Waals surface area contributed by atoms with Crippen LogP contribution in [0, 0.1) is 0 Å². The van der Waals surface area contributed by atoms with Gasteiger partial charge in [0.2, 0.25) is 0 Å². The van der Waals surface area contributed by atoms with Crippen molar-refractivity contribution in [1.29, 1.82) is 0 Å². The van der Waals surface area contributed by atoms with Crippen LogP contribution in [0.3, 0.4) is 0 Å². The predicted molar refractivity (Wildman–Crippen MR) is 139 cm³/mol. The Bertz CT molecular complexity index is 1270. The highest BCUT2D eigenvalue weighted by atomic mass is 79.9. The molecule has 11 nitrogen and oxygen atoms in total. The molecule has 0 aliphatic carbocycles. The molecule has 13 heteroatoms. The number of amides is 2. The Kier molecular flexibility index (Phi) is 7.08. The molecule has 1 aliphatic heterocycles. The monoisotopic (exact) mass is 562 g/mol. The van der Waals surface area contributed by atoms with Crippen LogP contribution >= 0.6 is 27.7 Å². The molecule has 0 saturated carbocycles. The van der Waals surface area contributed by atoms with E-state index in [0.717, 1.165) is 10.2 Å². The number of primary amides is 1. The van der Waals surface area contributed by atoms with Gasteiger partial charge in [0, 0.05) is 36.3 Å². The zero-order valence-corrected chi connectivity index (χ0v) is 22.3. The standard InChI is InChI=1S/C22H27BrN8O3S/c1-22(2,3)34-21(33)30-9-7-29(8-10-30)13-5-6-15(14(23)11-13)26-18-16(17(24)32)19-28-25-12-31(19)20(27-18)35-4/h5-6,11-12,26H,7-10H2,1-4H3,(H2,24,32). The number of ether oxygens (including phenoxy) is 1. The van der Waals surface area contributed by atoms with Crippen molar-refractivity contribution in [3.8, 4) is 0 Å². The van der Waals surface area contributed by atoms with Crippen LogP contribution in [0.25, 0.3) is 5.65 Å². The van der Waals surface area contributed by atoms with Crippen LogP contribution in [0.5, 0.6) is 0 Å². The van der Waals surface area contributed by atoms with Crippen molar-refractivity contribution < 1.29 is 14.3 Å². The molecule has 3 N–H and O–H groups in total. The highest BCUT2D eigenvalue weighted by Gasteiger charge is 2.26. The number of carbonyl (C=O) groups is 2. The topological polar surface area (TPSA) is 131 Å². The summed E-state index contributed by atoms with van der Waals surface area (Å²) in [5, 5.41) is 11.8. The number of fused-ring (bicyclic) bond motifs is 1. The van der Waals surface area contributed by atoms with E-state index < -0.39 is 11.5 Å². The van der Waals surface area contributed by atoms with Gasteiger partial charge in [0.05, 0.1) is 5.69 Å². The van der Waals surface area contributed by atoms with Gasteiger partial charge in [-0.3, -0.25) is 9.20 Å². The summed E-state index contributed by atoms with van der Waals surface area (Å²) in [4.78, 5) is 33.1. The van der Waals surface area contributed by atoms with Crippen molar-refractivity contribution in [3.63, 3.8) is 0 Å². The van der Waals surface area contributed by atoms with Gasteiger partial charge in [-0.1, -0.05) is 11.8 Å². The number of carbonyl (C=O) groups excluding carboxylic acids is 2. The highest BCUT2D eigenvalue weighted by Crippen LogP contribution is 2.33. The molecule has 3 heterocycles. The summed E-state index contributed by atoms with van der Waals surface area (Å²) in [7, 11) is 0. The number of nitrogens with one attached hydrogen (secondary N) is 1. The van der Waals surface area contributed by atoms with E-state index in [-0.39, 0.29) is 11.7 Å². The van der Waals surface area contributed by atoms with Gasteiger partial charge in [-0.25, -0.2) is 9.78 Å². The molecule has 2 amide bonds. The van der Waals surface area contributed by atoms with Gasteiger partial charge in [0.25, 0.3) is 5.91 Å². The van der Waals surface area contributed by atoms with E-state index in [0.29, 0.717) is 48.5 Å². The number of thioether (sulfide) groups is 1. The van der Waals surface area contributed by atoms with Gasteiger partial charge < -0.3 is 25.6 Å². The quantitative estimate of drug-likeness (QED) is 0.354. The van der Waals surface area contributed by atoms with Gasteiger partial charge >= 0.3 is 6.09 Å². The van der Waals surface area contributed by atoms with E-state index in [4.69, 9.17) is 10.5 Å². The number of rotatable bonds is 5. The average molecular weight is 563 g/mol. The van der Waals surface area contributed by atoms with Gasteiger partial charge in [0.1, 0.15) is 23.3 Å². The molecule has 0 radical (unpaired) electrons. The van der Waals surface area contributed by atoms with Crippen LogP contribution in [0.4, 0.5) is 22.0 Å². The maximum absolute atomic E-state index is 12.3. The van der Waals surface area contributed by atoms with Gasteiger partial charge in [-0.2, -0.15) is 0 Å². The molecule has 1 aliphatic rings. The first-order chi connectivity index (χ1) is 16.6. The van der Waals surface area contributed by atoms with Gasteiger partial charge in [-0.15, -0.1) is 10.2 Å². The zero-order chi connectivity index (χ0) is 25.3. The molecule has 186 valence electrons.